The first kappa shape index (κ1) is 15.6. The smallest absolute Gasteiger partial charge is 0.154 e. The van der Waals surface area contributed by atoms with Gasteiger partial charge < -0.3 is 0 Å². The molecule has 2 rings (SSSR count). The van der Waals surface area contributed by atoms with Crippen LogP contribution in [0.5, 0.6) is 0 Å². The second-order valence-corrected chi connectivity index (χ2v) is 6.09. The zero-order valence-electron chi connectivity index (χ0n) is 11.5. The third-order valence-corrected chi connectivity index (χ3v) is 4.33. The fraction of sp³-hybridized carbons (Fsp3) is 0.176. The van der Waals surface area contributed by atoms with Crippen LogP contribution in [-0.4, -0.2) is 5.78 Å². The van der Waals surface area contributed by atoms with Crippen molar-refractivity contribution in [3.05, 3.63) is 59.1 Å². The van der Waals surface area contributed by atoms with Gasteiger partial charge in [0.1, 0.15) is 5.92 Å². The Hall–Kier alpha value is -1.76. The maximum atomic E-state index is 11.7. The van der Waals surface area contributed by atoms with E-state index in [2.05, 4.69) is 6.07 Å². The molecule has 0 fully saturated rings. The summed E-state index contributed by atoms with van der Waals surface area (Å²) < 4.78 is 0. The van der Waals surface area contributed by atoms with E-state index >= 15 is 0 Å². The third kappa shape index (κ3) is 4.10. The zero-order valence-corrected chi connectivity index (χ0v) is 13.1. The summed E-state index contributed by atoms with van der Waals surface area (Å²) in [6.07, 6.45) is 0.375. The molecule has 4 heteroatoms. The highest BCUT2D eigenvalue weighted by Gasteiger charge is 2.17. The van der Waals surface area contributed by atoms with E-state index in [1.54, 1.807) is 18.7 Å². The number of Topliss-reactive ketones (excluding diaryl/α,β-unsaturated/α-hetero) is 1. The Kier molecular flexibility index (Phi) is 5.44. The summed E-state index contributed by atoms with van der Waals surface area (Å²) in [6.45, 7) is 1.78. The molecule has 0 bridgehead atoms. The van der Waals surface area contributed by atoms with Gasteiger partial charge in [0, 0.05) is 21.2 Å². The number of hydrogen-bond donors (Lipinski definition) is 0. The number of nitriles is 1. The molecule has 106 valence electrons. The van der Waals surface area contributed by atoms with E-state index < -0.39 is 5.92 Å². The number of carbonyl (C=O) groups is 1. The molecule has 0 spiro atoms. The Labute approximate surface area is 133 Å². The Balaban J connectivity index is 2.13. The second kappa shape index (κ2) is 7.31. The van der Waals surface area contributed by atoms with Crippen molar-refractivity contribution in [1.82, 2.24) is 0 Å². The van der Waals surface area contributed by atoms with Crippen molar-refractivity contribution in [2.45, 2.75) is 29.1 Å². The lowest BCUT2D eigenvalue weighted by atomic mass is 9.95. The Morgan fingerprint density at radius 1 is 1.14 bits per heavy atom. The highest BCUT2D eigenvalue weighted by molar-refractivity contribution is 7.99. The van der Waals surface area contributed by atoms with Crippen molar-refractivity contribution in [3.8, 4) is 6.07 Å². The predicted molar refractivity (Wildman–Crippen MR) is 85.7 cm³/mol. The summed E-state index contributed by atoms with van der Waals surface area (Å²) in [7, 11) is 0. The van der Waals surface area contributed by atoms with E-state index in [1.165, 1.54) is 0 Å². The van der Waals surface area contributed by atoms with Crippen LogP contribution in [0.4, 0.5) is 0 Å². The summed E-state index contributed by atoms with van der Waals surface area (Å²) in [6, 6.07) is 17.3. The lowest BCUT2D eigenvalue weighted by molar-refractivity contribution is -0.119. The summed E-state index contributed by atoms with van der Waals surface area (Å²) in [5.41, 5.74) is 0.754. The molecule has 2 aromatic carbocycles. The van der Waals surface area contributed by atoms with Crippen LogP contribution in [0.3, 0.4) is 0 Å². The summed E-state index contributed by atoms with van der Waals surface area (Å²) in [4.78, 5) is 13.9. The summed E-state index contributed by atoms with van der Waals surface area (Å²) in [5, 5.41) is 9.84. The van der Waals surface area contributed by atoms with Gasteiger partial charge in [-0.1, -0.05) is 42.4 Å². The van der Waals surface area contributed by atoms with Gasteiger partial charge in [0.15, 0.2) is 5.78 Å². The lowest BCUT2D eigenvalue weighted by Gasteiger charge is -2.08. The first-order chi connectivity index (χ1) is 10.1. The molecule has 1 atom stereocenters. The van der Waals surface area contributed by atoms with Gasteiger partial charge in [-0.2, -0.15) is 5.26 Å². The van der Waals surface area contributed by atoms with Crippen LogP contribution < -0.4 is 0 Å². The molecular formula is C17H14ClNOS. The van der Waals surface area contributed by atoms with E-state index in [4.69, 9.17) is 16.9 Å². The van der Waals surface area contributed by atoms with Crippen LogP contribution in [-0.2, 0) is 4.79 Å². The van der Waals surface area contributed by atoms with Gasteiger partial charge in [0.25, 0.3) is 0 Å². The normalized spacial score (nSPS) is 11.7. The standard InChI is InChI=1S/C17H14ClNOS/c1-2-17(20)16(11-19)12-3-7-14(8-4-12)21-15-9-5-13(18)6-10-15/h3-10,16H,2H2,1H3/t16-/m0/s1. The van der Waals surface area contributed by atoms with Crippen LogP contribution in [0.25, 0.3) is 0 Å². The molecule has 0 N–H and O–H groups in total. The number of carbonyl (C=O) groups excluding carboxylic acids is 1. The fourth-order valence-corrected chi connectivity index (χ4v) is 2.85. The highest BCUT2D eigenvalue weighted by Crippen LogP contribution is 2.30. The van der Waals surface area contributed by atoms with Crippen molar-refractivity contribution < 1.29 is 4.79 Å². The number of ketones is 1. The number of benzene rings is 2. The van der Waals surface area contributed by atoms with Crippen molar-refractivity contribution in [1.29, 1.82) is 5.26 Å². The van der Waals surface area contributed by atoms with E-state index in [9.17, 15) is 4.79 Å². The average molecular weight is 316 g/mol. The van der Waals surface area contributed by atoms with Crippen LogP contribution in [0.2, 0.25) is 5.02 Å². The van der Waals surface area contributed by atoms with E-state index in [1.807, 2.05) is 48.5 Å². The fourth-order valence-electron chi connectivity index (χ4n) is 1.90. The van der Waals surface area contributed by atoms with Crippen LogP contribution in [0, 0.1) is 11.3 Å². The van der Waals surface area contributed by atoms with E-state index in [0.29, 0.717) is 11.4 Å². The molecule has 2 nitrogen and oxygen atoms in total. The van der Waals surface area contributed by atoms with Gasteiger partial charge >= 0.3 is 0 Å². The van der Waals surface area contributed by atoms with Crippen LogP contribution in [0.1, 0.15) is 24.8 Å². The molecule has 2 aromatic rings. The predicted octanol–water partition coefficient (Wildman–Crippen LogP) is 5.08. The third-order valence-electron chi connectivity index (χ3n) is 3.06. The van der Waals surface area contributed by atoms with Gasteiger partial charge in [-0.3, -0.25) is 4.79 Å². The second-order valence-electron chi connectivity index (χ2n) is 4.51. The van der Waals surface area contributed by atoms with Crippen molar-refractivity contribution in [3.63, 3.8) is 0 Å². The minimum absolute atomic E-state index is 0.0457. The molecule has 0 aliphatic heterocycles. The van der Waals surface area contributed by atoms with Crippen molar-refractivity contribution in [2.75, 3.05) is 0 Å². The first-order valence-corrected chi connectivity index (χ1v) is 7.79. The molecule has 0 saturated carbocycles. The molecule has 0 heterocycles. The summed E-state index contributed by atoms with van der Waals surface area (Å²) >= 11 is 7.47. The Morgan fingerprint density at radius 2 is 1.67 bits per heavy atom. The molecule has 0 aromatic heterocycles. The lowest BCUT2D eigenvalue weighted by Crippen LogP contribution is -2.08. The zero-order chi connectivity index (χ0) is 15.2. The monoisotopic (exact) mass is 315 g/mol. The minimum Gasteiger partial charge on any atom is -0.298 e. The van der Waals surface area contributed by atoms with Gasteiger partial charge in [-0.15, -0.1) is 0 Å². The molecule has 0 unspecified atom stereocenters. The average Bonchev–Trinajstić information content (AvgIpc) is 2.51. The molecular weight excluding hydrogens is 302 g/mol. The van der Waals surface area contributed by atoms with Crippen LogP contribution in [0.15, 0.2) is 58.3 Å². The molecule has 0 radical (unpaired) electrons. The Morgan fingerprint density at radius 3 is 2.14 bits per heavy atom. The molecule has 0 aliphatic carbocycles. The topological polar surface area (TPSA) is 40.9 Å². The highest BCUT2D eigenvalue weighted by atomic mass is 35.5. The van der Waals surface area contributed by atoms with Gasteiger partial charge in [-0.25, -0.2) is 0 Å². The van der Waals surface area contributed by atoms with E-state index in [-0.39, 0.29) is 5.78 Å². The molecule has 0 aliphatic rings. The maximum Gasteiger partial charge on any atom is 0.154 e. The molecule has 21 heavy (non-hydrogen) atoms. The minimum atomic E-state index is -0.662. The molecule has 0 amide bonds. The number of rotatable bonds is 5. The van der Waals surface area contributed by atoms with Crippen molar-refractivity contribution >= 4 is 29.1 Å². The van der Waals surface area contributed by atoms with E-state index in [0.717, 1.165) is 15.4 Å². The number of nitrogens with zero attached hydrogens (tertiary/aromatic N) is 1. The largest absolute Gasteiger partial charge is 0.298 e. The Bertz CT molecular complexity index is 659. The van der Waals surface area contributed by atoms with Crippen LogP contribution >= 0.6 is 23.4 Å². The van der Waals surface area contributed by atoms with Crippen molar-refractivity contribution in [2.24, 2.45) is 0 Å². The molecule has 0 saturated heterocycles. The maximum absolute atomic E-state index is 11.7. The first-order valence-electron chi connectivity index (χ1n) is 6.59. The van der Waals surface area contributed by atoms with Gasteiger partial charge in [0.2, 0.25) is 0 Å². The SMILES string of the molecule is CCC(=O)[C@@H](C#N)c1ccc(Sc2ccc(Cl)cc2)cc1. The number of halogens is 1. The van der Waals surface area contributed by atoms with Gasteiger partial charge in [0.05, 0.1) is 6.07 Å². The van der Waals surface area contributed by atoms with Gasteiger partial charge in [-0.05, 0) is 42.0 Å². The summed E-state index contributed by atoms with van der Waals surface area (Å²) in [5.74, 6) is -0.708. The quantitative estimate of drug-likeness (QED) is 0.772. The number of hydrogen-bond acceptors (Lipinski definition) is 3.